The predicted molar refractivity (Wildman–Crippen MR) is 117 cm³/mol. The number of hydrogen-bond acceptors (Lipinski definition) is 5. The molecular formula is C24H30N4O3. The molecule has 0 radical (unpaired) electrons. The number of nitrogens with one attached hydrogen (secondary N) is 2. The molecule has 1 amide bonds. The topological polar surface area (TPSA) is 96.2 Å². The molecule has 2 aromatic heterocycles. The van der Waals surface area contributed by atoms with Crippen molar-refractivity contribution in [1.29, 1.82) is 0 Å². The highest BCUT2D eigenvalue weighted by molar-refractivity contribution is 5.80. The van der Waals surface area contributed by atoms with Gasteiger partial charge in [-0.05, 0) is 48.6 Å². The Morgan fingerprint density at radius 2 is 1.94 bits per heavy atom. The summed E-state index contributed by atoms with van der Waals surface area (Å²) in [4.78, 5) is 30.5. The molecule has 164 valence electrons. The second-order valence-electron chi connectivity index (χ2n) is 9.20. The van der Waals surface area contributed by atoms with Gasteiger partial charge in [-0.25, -0.2) is 0 Å². The number of fused-ring (bicyclic) bond motifs is 4. The Labute approximate surface area is 181 Å². The second kappa shape index (κ2) is 8.55. The van der Waals surface area contributed by atoms with Gasteiger partial charge in [0, 0.05) is 55.3 Å². The average Bonchev–Trinajstić information content (AvgIpc) is 3.12. The molecule has 7 heteroatoms. The molecule has 0 unspecified atom stereocenters. The lowest BCUT2D eigenvalue weighted by Gasteiger charge is -2.28. The number of carbonyl (C=O) groups is 1. The fraction of sp³-hybridized carbons (Fsp3) is 0.542. The first-order valence-corrected chi connectivity index (χ1v) is 11.5. The van der Waals surface area contributed by atoms with E-state index in [0.717, 1.165) is 11.3 Å². The third kappa shape index (κ3) is 3.70. The minimum Gasteiger partial charge on any atom is -0.396 e. The van der Waals surface area contributed by atoms with Crippen LogP contribution in [0.3, 0.4) is 0 Å². The van der Waals surface area contributed by atoms with Crippen LogP contribution in [0.2, 0.25) is 0 Å². The zero-order valence-electron chi connectivity index (χ0n) is 17.7. The Balaban J connectivity index is 1.42. The van der Waals surface area contributed by atoms with E-state index in [1.165, 1.54) is 32.1 Å². The van der Waals surface area contributed by atoms with E-state index in [1.807, 2.05) is 24.3 Å². The van der Waals surface area contributed by atoms with Crippen LogP contribution in [-0.2, 0) is 11.3 Å². The maximum Gasteiger partial charge on any atom is 0.258 e. The first-order chi connectivity index (χ1) is 15.2. The lowest BCUT2D eigenvalue weighted by Crippen LogP contribution is -2.43. The number of carbonyl (C=O) groups excluding carboxylic acids is 1. The molecule has 0 aromatic carbocycles. The van der Waals surface area contributed by atoms with Crippen molar-refractivity contribution in [2.75, 3.05) is 13.2 Å². The van der Waals surface area contributed by atoms with Crippen molar-refractivity contribution in [3.8, 4) is 11.1 Å². The van der Waals surface area contributed by atoms with Gasteiger partial charge in [0.2, 0.25) is 5.91 Å². The fourth-order valence-corrected chi connectivity index (χ4v) is 5.75. The number of aliphatic hydroxyl groups excluding tert-OH is 1. The van der Waals surface area contributed by atoms with Gasteiger partial charge >= 0.3 is 0 Å². The largest absolute Gasteiger partial charge is 0.396 e. The normalized spacial score (nSPS) is 27.6. The molecule has 2 aliphatic heterocycles. The Morgan fingerprint density at radius 1 is 1.16 bits per heavy atom. The third-order valence-electron chi connectivity index (χ3n) is 7.43. The Hall–Kier alpha value is -2.51. The van der Waals surface area contributed by atoms with Crippen LogP contribution in [0.1, 0.15) is 43.8 Å². The first-order valence-electron chi connectivity index (χ1n) is 11.5. The lowest BCUT2D eigenvalue weighted by atomic mass is 9.85. The van der Waals surface area contributed by atoms with Crippen molar-refractivity contribution in [3.63, 3.8) is 0 Å². The molecule has 3 aliphatic rings. The zero-order valence-corrected chi connectivity index (χ0v) is 17.7. The van der Waals surface area contributed by atoms with Crippen LogP contribution < -0.4 is 16.2 Å². The Kier molecular flexibility index (Phi) is 5.63. The molecule has 4 atom stereocenters. The summed E-state index contributed by atoms with van der Waals surface area (Å²) in [5.41, 5.74) is 2.24. The first kappa shape index (κ1) is 20.4. The van der Waals surface area contributed by atoms with Crippen LogP contribution in [0.15, 0.2) is 41.5 Å². The van der Waals surface area contributed by atoms with Gasteiger partial charge in [-0.2, -0.15) is 0 Å². The number of hydrogen-bond donors (Lipinski definition) is 3. The molecule has 2 aromatic rings. The van der Waals surface area contributed by atoms with Crippen molar-refractivity contribution < 1.29 is 9.90 Å². The summed E-state index contributed by atoms with van der Waals surface area (Å²) in [6.45, 7) is 1.09. The van der Waals surface area contributed by atoms with Crippen LogP contribution in [0.25, 0.3) is 11.1 Å². The molecule has 1 saturated carbocycles. The highest BCUT2D eigenvalue weighted by atomic mass is 16.3. The average molecular weight is 423 g/mol. The van der Waals surface area contributed by atoms with Crippen LogP contribution >= 0.6 is 0 Å². The molecule has 0 spiro atoms. The highest BCUT2D eigenvalue weighted by Gasteiger charge is 2.50. The van der Waals surface area contributed by atoms with Crippen molar-refractivity contribution >= 4 is 5.91 Å². The summed E-state index contributed by atoms with van der Waals surface area (Å²) in [5, 5.41) is 16.8. The van der Waals surface area contributed by atoms with Crippen molar-refractivity contribution in [1.82, 2.24) is 20.2 Å². The van der Waals surface area contributed by atoms with E-state index < -0.39 is 0 Å². The summed E-state index contributed by atoms with van der Waals surface area (Å²) in [6, 6.07) is 7.09. The monoisotopic (exact) mass is 422 g/mol. The Bertz CT molecular complexity index is 1000. The van der Waals surface area contributed by atoms with Gasteiger partial charge in [-0.3, -0.25) is 14.6 Å². The van der Waals surface area contributed by atoms with Crippen LogP contribution in [0.4, 0.5) is 0 Å². The minimum absolute atomic E-state index is 0.0104. The maximum absolute atomic E-state index is 13.3. The highest BCUT2D eigenvalue weighted by Crippen LogP contribution is 2.41. The molecular weight excluding hydrogens is 392 g/mol. The number of aliphatic hydroxyl groups is 1. The van der Waals surface area contributed by atoms with Crippen LogP contribution in [0, 0.1) is 17.8 Å². The summed E-state index contributed by atoms with van der Waals surface area (Å²) in [7, 11) is 0. The van der Waals surface area contributed by atoms with Crippen LogP contribution in [0.5, 0.6) is 0 Å². The van der Waals surface area contributed by atoms with Gasteiger partial charge in [-0.15, -0.1) is 0 Å². The van der Waals surface area contributed by atoms with E-state index in [-0.39, 0.29) is 42.0 Å². The molecule has 5 rings (SSSR count). The molecule has 3 N–H and O–H groups in total. The van der Waals surface area contributed by atoms with E-state index in [2.05, 4.69) is 15.6 Å². The summed E-state index contributed by atoms with van der Waals surface area (Å²) in [6.07, 6.45) is 9.48. The SMILES string of the molecule is O=C(NCC1CCCCC1)[C@@H]1[C@@H](CO)[C@@H]2Cn3c(ccc(-c4ccncc4)c3=O)[C@H]1N2. The molecule has 7 nitrogen and oxygen atoms in total. The molecule has 1 saturated heterocycles. The van der Waals surface area contributed by atoms with Gasteiger partial charge in [0.05, 0.1) is 12.0 Å². The molecule has 4 heterocycles. The van der Waals surface area contributed by atoms with E-state index in [1.54, 1.807) is 17.0 Å². The lowest BCUT2D eigenvalue weighted by molar-refractivity contribution is -0.127. The van der Waals surface area contributed by atoms with Crippen molar-refractivity contribution in [2.24, 2.45) is 17.8 Å². The number of amides is 1. The molecule has 31 heavy (non-hydrogen) atoms. The second-order valence-corrected chi connectivity index (χ2v) is 9.20. The van der Waals surface area contributed by atoms with Crippen molar-refractivity contribution in [2.45, 2.75) is 50.7 Å². The smallest absolute Gasteiger partial charge is 0.258 e. The summed E-state index contributed by atoms with van der Waals surface area (Å²) in [5.74, 6) is -0.0425. The van der Waals surface area contributed by atoms with Crippen molar-refractivity contribution in [3.05, 3.63) is 52.7 Å². The third-order valence-corrected chi connectivity index (χ3v) is 7.43. The van der Waals surface area contributed by atoms with Gasteiger partial charge in [0.1, 0.15) is 0 Å². The Morgan fingerprint density at radius 3 is 2.68 bits per heavy atom. The van der Waals surface area contributed by atoms with E-state index in [0.29, 0.717) is 24.6 Å². The van der Waals surface area contributed by atoms with Crippen LogP contribution in [-0.4, -0.2) is 39.8 Å². The molecule has 2 fully saturated rings. The summed E-state index contributed by atoms with van der Waals surface area (Å²) >= 11 is 0. The number of rotatable bonds is 5. The maximum atomic E-state index is 13.3. The van der Waals surface area contributed by atoms with Gasteiger partial charge < -0.3 is 20.3 Å². The molecule has 2 bridgehead atoms. The van der Waals surface area contributed by atoms with E-state index in [9.17, 15) is 14.7 Å². The van der Waals surface area contributed by atoms with Gasteiger partial charge in [0.25, 0.3) is 5.56 Å². The fourth-order valence-electron chi connectivity index (χ4n) is 5.75. The number of pyridine rings is 2. The van der Waals surface area contributed by atoms with Gasteiger partial charge in [-0.1, -0.05) is 19.3 Å². The quantitative estimate of drug-likeness (QED) is 0.684. The minimum atomic E-state index is -0.376. The summed E-state index contributed by atoms with van der Waals surface area (Å²) < 4.78 is 1.79. The predicted octanol–water partition coefficient (Wildman–Crippen LogP) is 1.86. The zero-order chi connectivity index (χ0) is 21.4. The van der Waals surface area contributed by atoms with E-state index in [4.69, 9.17) is 0 Å². The standard InChI is InChI=1S/C24H30N4O3/c29-14-18-19-13-28-20(7-6-17(24(28)31)16-8-10-25-11-9-16)22(27-19)21(18)23(30)26-12-15-4-2-1-3-5-15/h6-11,15,18-19,21-22,27,29H,1-5,12-14H2,(H,26,30)/t18-,19-,21+,22+/m0/s1. The van der Waals surface area contributed by atoms with Gasteiger partial charge in [0.15, 0.2) is 0 Å². The number of aromatic nitrogens is 2. The van der Waals surface area contributed by atoms with E-state index >= 15 is 0 Å². The molecule has 1 aliphatic carbocycles. The number of nitrogens with zero attached hydrogens (tertiary/aromatic N) is 2.